The van der Waals surface area contributed by atoms with Gasteiger partial charge in [0.15, 0.2) is 0 Å². The van der Waals surface area contributed by atoms with Gasteiger partial charge in [-0.2, -0.15) is 0 Å². The fourth-order valence-electron chi connectivity index (χ4n) is 2.13. The van der Waals surface area contributed by atoms with E-state index >= 15 is 0 Å². The van der Waals surface area contributed by atoms with Crippen LogP contribution in [0.3, 0.4) is 0 Å². The molecule has 0 atom stereocenters. The Bertz CT molecular complexity index is 522. The Labute approximate surface area is 117 Å². The number of nitrogens with two attached hydrogens (primary N) is 1. The Hall–Kier alpha value is -2.37. The maximum atomic E-state index is 11.5. The molecule has 106 valence electrons. The lowest BCUT2D eigenvalue weighted by Gasteiger charge is -2.31. The molecule has 0 bridgehead atoms. The minimum atomic E-state index is -0.582. The number of amides is 2. The highest BCUT2D eigenvalue weighted by Crippen LogP contribution is 2.19. The molecular formula is C14H17N3O3. The molecule has 1 aromatic heterocycles. The molecule has 1 aromatic rings. The Morgan fingerprint density at radius 3 is 2.75 bits per heavy atom. The van der Waals surface area contributed by atoms with E-state index in [4.69, 9.17) is 10.5 Å². The Balaban J connectivity index is 1.92. The molecule has 20 heavy (non-hydrogen) atoms. The first-order chi connectivity index (χ1) is 9.60. The second kappa shape index (κ2) is 6.18. The number of hydrogen-bond donors (Lipinski definition) is 1. The van der Waals surface area contributed by atoms with Crippen LogP contribution in [0.4, 0.5) is 0 Å². The van der Waals surface area contributed by atoms with Gasteiger partial charge in [-0.15, -0.1) is 0 Å². The number of carbonyl (C=O) groups excluding carboxylic acids is 2. The maximum absolute atomic E-state index is 11.5. The molecule has 0 aliphatic carbocycles. The summed E-state index contributed by atoms with van der Waals surface area (Å²) in [6.07, 6.45) is 4.32. The number of ether oxygens (including phenoxy) is 1. The van der Waals surface area contributed by atoms with Crippen LogP contribution in [0, 0.1) is 0 Å². The van der Waals surface area contributed by atoms with Crippen molar-refractivity contribution in [2.45, 2.75) is 18.9 Å². The number of hydrogen-bond acceptors (Lipinski definition) is 4. The van der Waals surface area contributed by atoms with Gasteiger partial charge in [0.2, 0.25) is 5.91 Å². The zero-order chi connectivity index (χ0) is 14.5. The molecule has 0 unspecified atom stereocenters. The molecule has 0 aromatic carbocycles. The van der Waals surface area contributed by atoms with Crippen molar-refractivity contribution >= 4 is 11.8 Å². The largest absolute Gasteiger partial charge is 0.490 e. The molecule has 1 fully saturated rings. The van der Waals surface area contributed by atoms with Gasteiger partial charge in [0.05, 0.1) is 0 Å². The highest BCUT2D eigenvalue weighted by molar-refractivity contribution is 5.91. The number of nitrogens with zero attached hydrogens (tertiary/aromatic N) is 2. The van der Waals surface area contributed by atoms with E-state index in [1.54, 1.807) is 11.0 Å². The van der Waals surface area contributed by atoms with Crippen LogP contribution in [0.15, 0.2) is 31.0 Å². The summed E-state index contributed by atoms with van der Waals surface area (Å²) in [6, 6.07) is 3.22. The van der Waals surface area contributed by atoms with E-state index in [0.717, 1.165) is 12.8 Å². The third-order valence-corrected chi connectivity index (χ3v) is 3.21. The van der Waals surface area contributed by atoms with Crippen LogP contribution < -0.4 is 10.5 Å². The van der Waals surface area contributed by atoms with E-state index < -0.39 is 5.91 Å². The molecule has 6 nitrogen and oxygen atoms in total. The fourth-order valence-corrected chi connectivity index (χ4v) is 2.13. The van der Waals surface area contributed by atoms with Gasteiger partial charge in [-0.25, -0.2) is 0 Å². The van der Waals surface area contributed by atoms with Gasteiger partial charge in [0.25, 0.3) is 5.91 Å². The Morgan fingerprint density at radius 2 is 2.15 bits per heavy atom. The molecule has 2 amide bonds. The minimum absolute atomic E-state index is 0.0204. The molecule has 1 aliphatic heterocycles. The Morgan fingerprint density at radius 1 is 1.45 bits per heavy atom. The average molecular weight is 275 g/mol. The monoisotopic (exact) mass is 275 g/mol. The third kappa shape index (κ3) is 3.34. The van der Waals surface area contributed by atoms with Crippen molar-refractivity contribution in [1.82, 2.24) is 9.88 Å². The van der Waals surface area contributed by atoms with Crippen LogP contribution >= 0.6 is 0 Å². The van der Waals surface area contributed by atoms with Crippen molar-refractivity contribution in [3.63, 3.8) is 0 Å². The molecule has 6 heteroatoms. The lowest BCUT2D eigenvalue weighted by Crippen LogP contribution is -2.41. The quantitative estimate of drug-likeness (QED) is 0.821. The predicted octanol–water partition coefficient (Wildman–Crippen LogP) is 0.736. The van der Waals surface area contributed by atoms with Crippen molar-refractivity contribution in [3.05, 3.63) is 36.7 Å². The van der Waals surface area contributed by atoms with Crippen molar-refractivity contribution in [2.75, 3.05) is 13.1 Å². The second-order valence-electron chi connectivity index (χ2n) is 4.59. The number of piperidine rings is 1. The third-order valence-electron chi connectivity index (χ3n) is 3.21. The first-order valence-electron chi connectivity index (χ1n) is 6.44. The summed E-state index contributed by atoms with van der Waals surface area (Å²) in [6.45, 7) is 4.76. The van der Waals surface area contributed by atoms with Gasteiger partial charge in [-0.3, -0.25) is 14.6 Å². The molecule has 0 spiro atoms. The summed E-state index contributed by atoms with van der Waals surface area (Å²) < 4.78 is 5.80. The number of carbonyl (C=O) groups is 2. The van der Waals surface area contributed by atoms with Crippen molar-refractivity contribution < 1.29 is 14.3 Å². The van der Waals surface area contributed by atoms with Gasteiger partial charge in [-0.05, 0) is 12.1 Å². The van der Waals surface area contributed by atoms with E-state index in [-0.39, 0.29) is 17.7 Å². The summed E-state index contributed by atoms with van der Waals surface area (Å²) >= 11 is 0. The molecule has 0 radical (unpaired) electrons. The van der Waals surface area contributed by atoms with Gasteiger partial charge in [-0.1, -0.05) is 6.58 Å². The highest BCUT2D eigenvalue weighted by Gasteiger charge is 2.22. The highest BCUT2D eigenvalue weighted by atomic mass is 16.5. The number of rotatable bonds is 4. The van der Waals surface area contributed by atoms with Gasteiger partial charge < -0.3 is 15.4 Å². The summed E-state index contributed by atoms with van der Waals surface area (Å²) in [7, 11) is 0. The van der Waals surface area contributed by atoms with Crippen LogP contribution in [-0.2, 0) is 4.79 Å². The smallest absolute Gasteiger partial charge is 0.267 e. The zero-order valence-corrected chi connectivity index (χ0v) is 11.1. The van der Waals surface area contributed by atoms with Crippen LogP contribution in [0.5, 0.6) is 5.75 Å². The topological polar surface area (TPSA) is 85.5 Å². The summed E-state index contributed by atoms with van der Waals surface area (Å²) in [5.74, 6) is -0.0625. The Kier molecular flexibility index (Phi) is 4.34. The first kappa shape index (κ1) is 14.0. The lowest BCUT2D eigenvalue weighted by molar-refractivity contribution is -0.127. The summed E-state index contributed by atoms with van der Waals surface area (Å²) in [5.41, 5.74) is 5.35. The van der Waals surface area contributed by atoms with Crippen molar-refractivity contribution in [3.8, 4) is 5.75 Å². The van der Waals surface area contributed by atoms with Crippen molar-refractivity contribution in [2.24, 2.45) is 5.73 Å². The number of primary amides is 1. The second-order valence-corrected chi connectivity index (χ2v) is 4.59. The maximum Gasteiger partial charge on any atom is 0.267 e. The molecular weight excluding hydrogens is 258 g/mol. The van der Waals surface area contributed by atoms with E-state index in [2.05, 4.69) is 11.6 Å². The number of pyridine rings is 1. The van der Waals surface area contributed by atoms with Gasteiger partial charge >= 0.3 is 0 Å². The van der Waals surface area contributed by atoms with Crippen molar-refractivity contribution in [1.29, 1.82) is 0 Å². The lowest BCUT2D eigenvalue weighted by atomic mass is 10.1. The molecule has 2 heterocycles. The van der Waals surface area contributed by atoms with Gasteiger partial charge in [0.1, 0.15) is 17.5 Å². The molecule has 2 rings (SSSR count). The van der Waals surface area contributed by atoms with E-state index in [9.17, 15) is 9.59 Å². The predicted molar refractivity (Wildman–Crippen MR) is 73.2 cm³/mol. The van der Waals surface area contributed by atoms with E-state index in [0.29, 0.717) is 18.8 Å². The normalized spacial score (nSPS) is 15.7. The zero-order valence-electron chi connectivity index (χ0n) is 11.1. The van der Waals surface area contributed by atoms with Gasteiger partial charge in [0, 0.05) is 38.2 Å². The molecule has 2 N–H and O–H groups in total. The number of likely N-dealkylation sites (tertiary alicyclic amines) is 1. The molecule has 1 aliphatic rings. The van der Waals surface area contributed by atoms with E-state index in [1.165, 1.54) is 18.3 Å². The van der Waals surface area contributed by atoms with Crippen LogP contribution in [0.2, 0.25) is 0 Å². The molecule has 1 saturated heterocycles. The summed E-state index contributed by atoms with van der Waals surface area (Å²) in [5, 5.41) is 0. The summed E-state index contributed by atoms with van der Waals surface area (Å²) in [4.78, 5) is 28.1. The SMILES string of the molecule is C=CC(=O)N1CCC(Oc2ccnc(C(N)=O)c2)CC1. The standard InChI is InChI=1S/C14H17N3O3/c1-2-13(18)17-7-4-10(5-8-17)20-11-3-6-16-12(9-11)14(15)19/h2-3,6,9-10H,1,4-5,7-8H2,(H2,15,19). The minimum Gasteiger partial charge on any atom is -0.490 e. The van der Waals surface area contributed by atoms with Crippen LogP contribution in [0.25, 0.3) is 0 Å². The van der Waals surface area contributed by atoms with Crippen LogP contribution in [-0.4, -0.2) is 40.9 Å². The number of aromatic nitrogens is 1. The van der Waals surface area contributed by atoms with E-state index in [1.807, 2.05) is 0 Å². The first-order valence-corrected chi connectivity index (χ1v) is 6.44. The average Bonchev–Trinajstić information content (AvgIpc) is 2.47. The fraction of sp³-hybridized carbons (Fsp3) is 0.357. The molecule has 0 saturated carbocycles. The van der Waals surface area contributed by atoms with Crippen LogP contribution in [0.1, 0.15) is 23.3 Å².